The van der Waals surface area contributed by atoms with Crippen molar-refractivity contribution < 1.29 is 13.7 Å². The lowest BCUT2D eigenvalue weighted by molar-refractivity contribution is 0.105. The van der Waals surface area contributed by atoms with Crippen molar-refractivity contribution in [2.24, 2.45) is 5.10 Å². The Morgan fingerprint density at radius 2 is 2.12 bits per heavy atom. The van der Waals surface area contributed by atoms with Crippen molar-refractivity contribution in [3.63, 3.8) is 0 Å². The molecular weight excluding hydrogens is 332 g/mol. The fraction of sp³-hybridized carbons (Fsp3) is 0. The summed E-state index contributed by atoms with van der Waals surface area (Å²) in [5.41, 5.74) is 2.73. The van der Waals surface area contributed by atoms with E-state index < -0.39 is 5.78 Å². The molecule has 0 saturated heterocycles. The molecule has 0 fully saturated rings. The number of carbonyl (C=O) groups is 1. The minimum Gasteiger partial charge on any atom is -0.461 e. The van der Waals surface area contributed by atoms with Crippen LogP contribution in [-0.2, 0) is 0 Å². The van der Waals surface area contributed by atoms with Crippen LogP contribution in [-0.4, -0.2) is 16.7 Å². The molecule has 0 saturated carbocycles. The van der Waals surface area contributed by atoms with Crippen molar-refractivity contribution in [2.75, 3.05) is 5.43 Å². The Balaban J connectivity index is 1.79. The first-order valence-corrected chi connectivity index (χ1v) is 7.10. The zero-order chi connectivity index (χ0) is 16.9. The normalized spacial score (nSPS) is 11.1. The van der Waals surface area contributed by atoms with Gasteiger partial charge in [0.05, 0.1) is 12.0 Å². The molecule has 3 aromatic rings. The summed E-state index contributed by atoms with van der Waals surface area (Å²) in [6.45, 7) is 0. The Hall–Kier alpha value is -3.37. The van der Waals surface area contributed by atoms with Crippen molar-refractivity contribution in [3.8, 4) is 17.6 Å². The Kier molecular flexibility index (Phi) is 4.40. The highest BCUT2D eigenvalue weighted by Gasteiger charge is 2.20. The van der Waals surface area contributed by atoms with E-state index in [0.717, 1.165) is 0 Å². The van der Waals surface area contributed by atoms with Gasteiger partial charge in [-0.05, 0) is 30.3 Å². The molecule has 0 spiro atoms. The summed E-state index contributed by atoms with van der Waals surface area (Å²) in [5, 5.41) is 17.1. The van der Waals surface area contributed by atoms with Crippen LogP contribution in [0.4, 0.5) is 5.69 Å². The lowest BCUT2D eigenvalue weighted by atomic mass is 10.2. The quantitative estimate of drug-likeness (QED) is 0.430. The fourth-order valence-electron chi connectivity index (χ4n) is 1.84. The number of hydrazone groups is 1. The predicted octanol–water partition coefficient (Wildman–Crippen LogP) is 3.76. The Bertz CT molecular complexity index is 938. The summed E-state index contributed by atoms with van der Waals surface area (Å²) >= 11 is 5.85. The van der Waals surface area contributed by atoms with Crippen LogP contribution >= 0.6 is 11.6 Å². The monoisotopic (exact) mass is 340 g/mol. The molecule has 0 amide bonds. The van der Waals surface area contributed by atoms with E-state index in [2.05, 4.69) is 15.7 Å². The molecule has 0 aliphatic carbocycles. The molecule has 1 N–H and O–H groups in total. The van der Waals surface area contributed by atoms with Gasteiger partial charge in [-0.1, -0.05) is 22.8 Å². The van der Waals surface area contributed by atoms with E-state index in [1.165, 1.54) is 12.3 Å². The zero-order valence-corrected chi connectivity index (χ0v) is 12.8. The molecule has 118 valence electrons. The van der Waals surface area contributed by atoms with Crippen LogP contribution in [0.5, 0.6) is 0 Å². The molecule has 0 bridgehead atoms. The highest BCUT2D eigenvalue weighted by atomic mass is 35.5. The standard InChI is InChI=1S/C16H9ClN4O3/c17-10-3-1-4-11(7-10)19-20-13(9-18)16(22)12-8-15(24-21-12)14-5-2-6-23-14/h1-8,19H/b20-13+. The molecule has 1 aromatic carbocycles. The van der Waals surface area contributed by atoms with E-state index in [9.17, 15) is 4.79 Å². The van der Waals surface area contributed by atoms with Crippen molar-refractivity contribution in [2.45, 2.75) is 0 Å². The van der Waals surface area contributed by atoms with Crippen molar-refractivity contribution >= 4 is 28.8 Å². The summed E-state index contributed by atoms with van der Waals surface area (Å²) in [6.07, 6.45) is 1.47. The number of Topliss-reactive ketones (excluding diaryl/α,β-unsaturated/α-hetero) is 1. The average molecular weight is 341 g/mol. The Labute approximate surface area is 141 Å². The molecule has 24 heavy (non-hydrogen) atoms. The Morgan fingerprint density at radius 3 is 2.83 bits per heavy atom. The molecule has 0 aliphatic rings. The molecule has 0 atom stereocenters. The number of carbonyl (C=O) groups excluding carboxylic acids is 1. The topological polar surface area (TPSA) is 104 Å². The minimum absolute atomic E-state index is 0.0467. The van der Waals surface area contributed by atoms with Crippen LogP contribution < -0.4 is 5.43 Å². The van der Waals surface area contributed by atoms with Gasteiger partial charge in [0.15, 0.2) is 11.5 Å². The smallest absolute Gasteiger partial charge is 0.245 e. The number of furan rings is 1. The highest BCUT2D eigenvalue weighted by Crippen LogP contribution is 2.21. The van der Waals surface area contributed by atoms with Crippen LogP contribution in [0.3, 0.4) is 0 Å². The number of hydrogen-bond acceptors (Lipinski definition) is 7. The predicted molar refractivity (Wildman–Crippen MR) is 86.7 cm³/mol. The first-order valence-electron chi connectivity index (χ1n) is 6.72. The maximum Gasteiger partial charge on any atom is 0.245 e. The number of benzene rings is 1. The van der Waals surface area contributed by atoms with E-state index in [4.69, 9.17) is 25.8 Å². The fourth-order valence-corrected chi connectivity index (χ4v) is 2.03. The number of hydrogen-bond donors (Lipinski definition) is 1. The second-order valence-corrected chi connectivity index (χ2v) is 5.01. The molecule has 0 radical (unpaired) electrons. The first-order chi connectivity index (χ1) is 11.7. The maximum absolute atomic E-state index is 12.3. The number of halogens is 1. The summed E-state index contributed by atoms with van der Waals surface area (Å²) < 4.78 is 10.2. The van der Waals surface area contributed by atoms with Crippen molar-refractivity contribution in [1.29, 1.82) is 5.26 Å². The van der Waals surface area contributed by atoms with Crippen LogP contribution in [0.1, 0.15) is 10.5 Å². The van der Waals surface area contributed by atoms with E-state index in [-0.39, 0.29) is 17.2 Å². The molecule has 0 aliphatic heterocycles. The van der Waals surface area contributed by atoms with E-state index >= 15 is 0 Å². The highest BCUT2D eigenvalue weighted by molar-refractivity contribution is 6.51. The third kappa shape index (κ3) is 3.34. The molecule has 2 heterocycles. The maximum atomic E-state index is 12.3. The molecule has 8 heteroatoms. The molecule has 2 aromatic heterocycles. The summed E-state index contributed by atoms with van der Waals surface area (Å²) in [5.74, 6) is 0.0334. The Morgan fingerprint density at radius 1 is 1.25 bits per heavy atom. The summed E-state index contributed by atoms with van der Waals surface area (Å²) in [4.78, 5) is 12.3. The number of ketones is 1. The number of anilines is 1. The van der Waals surface area contributed by atoms with Gasteiger partial charge >= 0.3 is 0 Å². The number of rotatable bonds is 5. The van der Waals surface area contributed by atoms with Crippen LogP contribution in [0.25, 0.3) is 11.5 Å². The van der Waals surface area contributed by atoms with Gasteiger partial charge in [0.25, 0.3) is 0 Å². The largest absolute Gasteiger partial charge is 0.461 e. The average Bonchev–Trinajstić information content (AvgIpc) is 3.26. The minimum atomic E-state index is -0.673. The van der Waals surface area contributed by atoms with Crippen LogP contribution in [0, 0.1) is 11.3 Å². The molecular formula is C16H9ClN4O3. The number of nitrogens with one attached hydrogen (secondary N) is 1. The number of aromatic nitrogens is 1. The second kappa shape index (κ2) is 6.81. The molecule has 3 rings (SSSR count). The van der Waals surface area contributed by atoms with Gasteiger partial charge in [-0.15, -0.1) is 0 Å². The van der Waals surface area contributed by atoms with Gasteiger partial charge in [-0.25, -0.2) is 0 Å². The third-order valence-corrected chi connectivity index (χ3v) is 3.18. The van der Waals surface area contributed by atoms with Gasteiger partial charge in [-0.3, -0.25) is 10.2 Å². The van der Waals surface area contributed by atoms with Crippen molar-refractivity contribution in [3.05, 3.63) is 59.4 Å². The lowest BCUT2D eigenvalue weighted by Gasteiger charge is -2.00. The van der Waals surface area contributed by atoms with E-state index in [1.54, 1.807) is 42.5 Å². The summed E-state index contributed by atoms with van der Waals surface area (Å²) in [6, 6.07) is 13.2. The van der Waals surface area contributed by atoms with Crippen molar-refractivity contribution in [1.82, 2.24) is 5.16 Å². The van der Waals surface area contributed by atoms with Crippen LogP contribution in [0.15, 0.2) is 62.8 Å². The molecule has 0 unspecified atom stereocenters. The van der Waals surface area contributed by atoms with E-state index in [1.807, 2.05) is 0 Å². The van der Waals surface area contributed by atoms with Crippen LogP contribution in [0.2, 0.25) is 5.02 Å². The SMILES string of the molecule is N#C/C(=N\Nc1cccc(Cl)c1)C(=O)c1cc(-c2ccco2)on1. The van der Waals surface area contributed by atoms with Gasteiger partial charge in [0, 0.05) is 11.1 Å². The number of nitrogens with zero attached hydrogens (tertiary/aromatic N) is 3. The number of nitriles is 1. The zero-order valence-electron chi connectivity index (χ0n) is 12.1. The van der Waals surface area contributed by atoms with Gasteiger partial charge < -0.3 is 8.94 Å². The van der Waals surface area contributed by atoms with E-state index in [0.29, 0.717) is 16.5 Å². The van der Waals surface area contributed by atoms with Gasteiger partial charge in [0.2, 0.25) is 17.3 Å². The summed E-state index contributed by atoms with van der Waals surface area (Å²) in [7, 11) is 0. The lowest BCUT2D eigenvalue weighted by Crippen LogP contribution is -2.14. The first kappa shape index (κ1) is 15.5. The third-order valence-electron chi connectivity index (χ3n) is 2.95. The van der Waals surface area contributed by atoms with Gasteiger partial charge in [-0.2, -0.15) is 10.4 Å². The molecule has 7 nitrogen and oxygen atoms in total. The van der Waals surface area contributed by atoms with Gasteiger partial charge in [0.1, 0.15) is 6.07 Å². The second-order valence-electron chi connectivity index (χ2n) is 4.58.